The van der Waals surface area contributed by atoms with Crippen molar-refractivity contribution in [2.24, 2.45) is 17.2 Å². The van der Waals surface area contributed by atoms with Crippen LogP contribution in [0.4, 0.5) is 0 Å². The molecule has 0 saturated heterocycles. The van der Waals surface area contributed by atoms with Crippen LogP contribution in [-0.2, 0) is 19.1 Å². The Kier molecular flexibility index (Phi) is 36.2. The summed E-state index contributed by atoms with van der Waals surface area (Å²) in [6.45, 7) is 8.10. The van der Waals surface area contributed by atoms with Gasteiger partial charge in [-0.15, -0.1) is 0 Å². The lowest BCUT2D eigenvalue weighted by molar-refractivity contribution is -0.161. The summed E-state index contributed by atoms with van der Waals surface area (Å²) in [4.78, 5) is 30.3. The lowest BCUT2D eigenvalue weighted by Crippen LogP contribution is -2.29. The van der Waals surface area contributed by atoms with Crippen molar-refractivity contribution in [3.63, 3.8) is 0 Å². The summed E-state index contributed by atoms with van der Waals surface area (Å²) in [5, 5.41) is 24.7. The molecule has 0 spiro atoms. The van der Waals surface area contributed by atoms with E-state index in [9.17, 15) is 14.4 Å². The third-order valence-corrected chi connectivity index (χ3v) is 2.72. The molecule has 0 bridgehead atoms. The zero-order chi connectivity index (χ0) is 22.8. The average molecular weight is 412 g/mol. The van der Waals surface area contributed by atoms with Crippen molar-refractivity contribution in [2.75, 3.05) is 26.2 Å². The Hall–Kier alpha value is -1.75. The van der Waals surface area contributed by atoms with Crippen LogP contribution >= 0.6 is 0 Å². The average Bonchev–Trinajstić information content (AvgIpc) is 2.62. The van der Waals surface area contributed by atoms with E-state index in [0.717, 1.165) is 19.6 Å². The fourth-order valence-electron chi connectivity index (χ4n) is 1.16. The van der Waals surface area contributed by atoms with Gasteiger partial charge in [0.2, 0.25) is 0 Å². The number of unbranched alkanes of at least 4 members (excludes halogenated alkanes) is 3. The van der Waals surface area contributed by atoms with Gasteiger partial charge < -0.3 is 37.3 Å². The molecule has 10 heteroatoms. The highest BCUT2D eigenvalue weighted by atomic mass is 16.5. The van der Waals surface area contributed by atoms with Crippen LogP contribution < -0.4 is 17.2 Å². The molecule has 170 valence electrons. The lowest BCUT2D eigenvalue weighted by Gasteiger charge is -2.08. The van der Waals surface area contributed by atoms with Crippen LogP contribution in [0.3, 0.4) is 0 Å². The number of carboxylic acids is 3. The zero-order valence-corrected chi connectivity index (χ0v) is 17.6. The normalized spacial score (nSPS) is 10.1. The van der Waals surface area contributed by atoms with E-state index in [1.807, 2.05) is 0 Å². The van der Waals surface area contributed by atoms with E-state index in [1.54, 1.807) is 0 Å². The number of aliphatic carboxylic acids is 3. The first kappa shape index (κ1) is 33.8. The summed E-state index contributed by atoms with van der Waals surface area (Å²) in [6.07, 6.45) is 4.78. The van der Waals surface area contributed by atoms with Crippen molar-refractivity contribution in [3.8, 4) is 0 Å². The minimum absolute atomic E-state index is 0.761. The van der Waals surface area contributed by atoms with Gasteiger partial charge in [-0.2, -0.15) is 0 Å². The highest BCUT2D eigenvalue weighted by molar-refractivity contribution is 5.80. The maximum absolute atomic E-state index is 10.3. The van der Waals surface area contributed by atoms with Gasteiger partial charge in [-0.05, 0) is 38.9 Å². The van der Waals surface area contributed by atoms with Crippen LogP contribution in [0.25, 0.3) is 0 Å². The predicted molar refractivity (Wildman–Crippen MR) is 109 cm³/mol. The third-order valence-electron chi connectivity index (χ3n) is 2.72. The molecular weight excluding hydrogens is 370 g/mol. The number of ether oxygens (including phenoxy) is 1. The van der Waals surface area contributed by atoms with Gasteiger partial charge in [0.15, 0.2) is 6.10 Å². The van der Waals surface area contributed by atoms with Crippen molar-refractivity contribution in [1.29, 1.82) is 0 Å². The molecule has 9 N–H and O–H groups in total. The third kappa shape index (κ3) is 44.1. The molecule has 0 amide bonds. The van der Waals surface area contributed by atoms with Gasteiger partial charge in [0.25, 0.3) is 0 Å². The first-order valence-corrected chi connectivity index (χ1v) is 9.56. The standard InChI is InChI=1S/C6H8O7.3C4H11N/c7-4(8)1-3(6(11)12)13-2-5(9)10;3*1-2-3-4-5/h3H,1-2H2,(H,7,8)(H,9,10)(H,11,12);3*2-5H2,1H3. The van der Waals surface area contributed by atoms with Crippen molar-refractivity contribution in [3.05, 3.63) is 0 Å². The molecule has 0 aromatic carbocycles. The van der Waals surface area contributed by atoms with E-state index in [0.29, 0.717) is 0 Å². The minimum Gasteiger partial charge on any atom is -0.481 e. The Morgan fingerprint density at radius 3 is 1.25 bits per heavy atom. The van der Waals surface area contributed by atoms with Crippen molar-refractivity contribution in [1.82, 2.24) is 0 Å². The quantitative estimate of drug-likeness (QED) is 0.271. The van der Waals surface area contributed by atoms with E-state index >= 15 is 0 Å². The van der Waals surface area contributed by atoms with E-state index < -0.39 is 37.0 Å². The van der Waals surface area contributed by atoms with E-state index in [1.165, 1.54) is 38.5 Å². The summed E-state index contributed by atoms with van der Waals surface area (Å²) >= 11 is 0. The summed E-state index contributed by atoms with van der Waals surface area (Å²) in [5.41, 5.74) is 15.4. The first-order chi connectivity index (χ1) is 13.2. The van der Waals surface area contributed by atoms with Crippen LogP contribution in [0.1, 0.15) is 65.7 Å². The Balaban J connectivity index is -0.000000159. The Bertz CT molecular complexity index is 336. The molecule has 0 aliphatic rings. The number of carbonyl (C=O) groups is 3. The smallest absolute Gasteiger partial charge is 0.333 e. The second kappa shape index (κ2) is 30.0. The van der Waals surface area contributed by atoms with Crippen molar-refractivity contribution in [2.45, 2.75) is 71.8 Å². The van der Waals surface area contributed by atoms with E-state index in [-0.39, 0.29) is 0 Å². The summed E-state index contributed by atoms with van der Waals surface area (Å²) in [5.74, 6) is -4.21. The molecule has 0 aromatic rings. The van der Waals surface area contributed by atoms with Gasteiger partial charge in [-0.3, -0.25) is 4.79 Å². The molecule has 0 radical (unpaired) electrons. The van der Waals surface area contributed by atoms with Gasteiger partial charge in [-0.1, -0.05) is 40.0 Å². The molecular formula is C18H41N3O7. The highest BCUT2D eigenvalue weighted by Gasteiger charge is 2.22. The largest absolute Gasteiger partial charge is 0.481 e. The summed E-state index contributed by atoms with van der Waals surface area (Å²) in [7, 11) is 0. The van der Waals surface area contributed by atoms with E-state index in [4.69, 9.17) is 32.5 Å². The summed E-state index contributed by atoms with van der Waals surface area (Å²) < 4.78 is 4.30. The SMILES string of the molecule is CCCCN.CCCCN.CCCCN.O=C(O)COC(CC(=O)O)C(=O)O. The van der Waals surface area contributed by atoms with Crippen LogP contribution in [0, 0.1) is 0 Å². The lowest BCUT2D eigenvalue weighted by atomic mass is 10.2. The topological polar surface area (TPSA) is 199 Å². The minimum atomic E-state index is -1.62. The highest BCUT2D eigenvalue weighted by Crippen LogP contribution is 1.98. The van der Waals surface area contributed by atoms with Crippen LogP contribution in [0.5, 0.6) is 0 Å². The summed E-state index contributed by atoms with van der Waals surface area (Å²) in [6, 6.07) is 0. The van der Waals surface area contributed by atoms with Crippen LogP contribution in [0.2, 0.25) is 0 Å². The van der Waals surface area contributed by atoms with Gasteiger partial charge >= 0.3 is 17.9 Å². The molecule has 1 unspecified atom stereocenters. The molecule has 0 saturated carbocycles. The molecule has 0 aromatic heterocycles. The van der Waals surface area contributed by atoms with Gasteiger partial charge in [-0.25, -0.2) is 9.59 Å². The first-order valence-electron chi connectivity index (χ1n) is 9.56. The number of hydrogen-bond acceptors (Lipinski definition) is 7. The molecule has 28 heavy (non-hydrogen) atoms. The van der Waals surface area contributed by atoms with Gasteiger partial charge in [0.05, 0.1) is 6.42 Å². The van der Waals surface area contributed by atoms with Gasteiger partial charge in [0.1, 0.15) is 6.61 Å². The number of nitrogens with two attached hydrogens (primary N) is 3. The molecule has 0 rings (SSSR count). The fourth-order valence-corrected chi connectivity index (χ4v) is 1.16. The van der Waals surface area contributed by atoms with Crippen LogP contribution in [-0.4, -0.2) is 65.6 Å². The predicted octanol–water partition coefficient (Wildman–Crippen LogP) is 1.25. The second-order valence-electron chi connectivity index (χ2n) is 5.56. The van der Waals surface area contributed by atoms with E-state index in [2.05, 4.69) is 25.5 Å². The fraction of sp³-hybridized carbons (Fsp3) is 0.833. The van der Waals surface area contributed by atoms with Crippen molar-refractivity contribution < 1.29 is 34.4 Å². The monoisotopic (exact) mass is 411 g/mol. The second-order valence-corrected chi connectivity index (χ2v) is 5.56. The number of carboxylic acid groups (broad SMARTS) is 3. The molecule has 0 fully saturated rings. The van der Waals surface area contributed by atoms with Crippen LogP contribution in [0.15, 0.2) is 0 Å². The van der Waals surface area contributed by atoms with Gasteiger partial charge in [0, 0.05) is 0 Å². The Morgan fingerprint density at radius 2 is 1.11 bits per heavy atom. The Labute approximate surface area is 168 Å². The van der Waals surface area contributed by atoms with Crippen molar-refractivity contribution >= 4 is 17.9 Å². The molecule has 0 aliphatic carbocycles. The maximum atomic E-state index is 10.3. The molecule has 0 aliphatic heterocycles. The number of rotatable bonds is 12. The zero-order valence-electron chi connectivity index (χ0n) is 17.6. The number of hydrogen-bond donors (Lipinski definition) is 6. The maximum Gasteiger partial charge on any atom is 0.333 e. The molecule has 0 heterocycles. The molecule has 10 nitrogen and oxygen atoms in total. The Morgan fingerprint density at radius 1 is 0.750 bits per heavy atom. The molecule has 1 atom stereocenters.